The van der Waals surface area contributed by atoms with Gasteiger partial charge >= 0.3 is 0 Å². The van der Waals surface area contributed by atoms with Crippen LogP contribution in [0.1, 0.15) is 12.5 Å². The molecule has 2 aromatic carbocycles. The largest absolute Gasteiger partial charge is 0.495 e. The van der Waals surface area contributed by atoms with Crippen LogP contribution in [0.4, 0.5) is 5.69 Å². The maximum Gasteiger partial charge on any atom is 0.266 e. The zero-order valence-corrected chi connectivity index (χ0v) is 16.7. The first-order valence-corrected chi connectivity index (χ1v) is 9.10. The first kappa shape index (κ1) is 21.8. The Bertz CT molecular complexity index is 949. The van der Waals surface area contributed by atoms with Crippen molar-refractivity contribution in [1.82, 2.24) is 5.32 Å². The Morgan fingerprint density at radius 1 is 1.21 bits per heavy atom. The summed E-state index contributed by atoms with van der Waals surface area (Å²) in [6, 6.07) is 13.3. The summed E-state index contributed by atoms with van der Waals surface area (Å²) in [5, 5.41) is 14.9. The number of carbonyl (C=O) groups is 2. The Morgan fingerprint density at radius 2 is 1.93 bits per heavy atom. The van der Waals surface area contributed by atoms with Gasteiger partial charge in [0.15, 0.2) is 6.61 Å². The van der Waals surface area contributed by atoms with Crippen LogP contribution in [0, 0.1) is 11.3 Å². The number of nitrogens with one attached hydrogen (secondary N) is 2. The molecule has 0 atom stereocenters. The molecule has 150 valence electrons. The van der Waals surface area contributed by atoms with E-state index in [9.17, 15) is 14.9 Å². The molecular weight excluding hydrogens is 394 g/mol. The lowest BCUT2D eigenvalue weighted by Gasteiger charge is -2.08. The van der Waals surface area contributed by atoms with Gasteiger partial charge in [0.25, 0.3) is 11.8 Å². The molecule has 0 radical (unpaired) electrons. The van der Waals surface area contributed by atoms with Gasteiger partial charge in [-0.1, -0.05) is 23.7 Å². The highest BCUT2D eigenvalue weighted by atomic mass is 35.5. The van der Waals surface area contributed by atoms with E-state index in [0.717, 1.165) is 0 Å². The fourth-order valence-electron chi connectivity index (χ4n) is 2.32. The van der Waals surface area contributed by atoms with E-state index in [2.05, 4.69) is 10.6 Å². The van der Waals surface area contributed by atoms with E-state index in [1.54, 1.807) is 36.4 Å². The van der Waals surface area contributed by atoms with Crippen LogP contribution in [0.25, 0.3) is 6.08 Å². The fraction of sp³-hybridized carbons (Fsp3) is 0.190. The standard InChI is InChI=1S/C21H20ClN3O4/c1-3-24-20(26)13-29-17-7-4-14(5-8-17)10-15(12-23)21(27)25-16-6-9-19(28-2)18(22)11-16/h4-11H,3,13H2,1-2H3,(H,24,26)(H,25,27)/b15-10-. The van der Waals surface area contributed by atoms with Crippen molar-refractivity contribution in [2.24, 2.45) is 0 Å². The molecule has 0 unspecified atom stereocenters. The average Bonchev–Trinajstić information content (AvgIpc) is 2.71. The topological polar surface area (TPSA) is 100 Å². The van der Waals surface area contributed by atoms with Gasteiger partial charge in [0.2, 0.25) is 0 Å². The number of benzene rings is 2. The van der Waals surface area contributed by atoms with Crippen molar-refractivity contribution in [1.29, 1.82) is 5.26 Å². The minimum Gasteiger partial charge on any atom is -0.495 e. The summed E-state index contributed by atoms with van der Waals surface area (Å²) in [5.74, 6) is 0.211. The molecule has 0 aromatic heterocycles. The highest BCUT2D eigenvalue weighted by molar-refractivity contribution is 6.32. The second-order valence-corrected chi connectivity index (χ2v) is 6.19. The van der Waals surface area contributed by atoms with Crippen LogP contribution >= 0.6 is 11.6 Å². The number of rotatable bonds is 8. The van der Waals surface area contributed by atoms with Gasteiger partial charge < -0.3 is 20.1 Å². The maximum absolute atomic E-state index is 12.4. The van der Waals surface area contributed by atoms with Crippen molar-refractivity contribution >= 4 is 35.2 Å². The van der Waals surface area contributed by atoms with Gasteiger partial charge in [-0.2, -0.15) is 5.26 Å². The quantitative estimate of drug-likeness (QED) is 0.510. The molecule has 0 saturated carbocycles. The number of likely N-dealkylation sites (N-methyl/N-ethyl adjacent to an activating group) is 1. The second kappa shape index (κ2) is 10.7. The lowest BCUT2D eigenvalue weighted by molar-refractivity contribution is -0.123. The Balaban J connectivity index is 2.04. The molecule has 0 bridgehead atoms. The summed E-state index contributed by atoms with van der Waals surface area (Å²) in [7, 11) is 1.49. The molecule has 2 aromatic rings. The molecule has 2 N–H and O–H groups in total. The number of nitriles is 1. The summed E-state index contributed by atoms with van der Waals surface area (Å²) in [6.07, 6.45) is 1.45. The van der Waals surface area contributed by atoms with Gasteiger partial charge in [-0.3, -0.25) is 9.59 Å². The van der Waals surface area contributed by atoms with Gasteiger partial charge in [0.1, 0.15) is 23.1 Å². The number of methoxy groups -OCH3 is 1. The molecule has 8 heteroatoms. The molecule has 2 rings (SSSR count). The highest BCUT2D eigenvalue weighted by Crippen LogP contribution is 2.27. The van der Waals surface area contributed by atoms with Crippen LogP contribution in [-0.4, -0.2) is 32.1 Å². The van der Waals surface area contributed by atoms with E-state index in [1.165, 1.54) is 19.3 Å². The van der Waals surface area contributed by atoms with Crippen LogP contribution < -0.4 is 20.1 Å². The summed E-state index contributed by atoms with van der Waals surface area (Å²) >= 11 is 6.04. The smallest absolute Gasteiger partial charge is 0.266 e. The Kier molecular flexibility index (Phi) is 8.07. The summed E-state index contributed by atoms with van der Waals surface area (Å²) in [5.41, 5.74) is 0.999. The van der Waals surface area contributed by atoms with E-state index in [1.807, 2.05) is 13.0 Å². The van der Waals surface area contributed by atoms with Crippen molar-refractivity contribution in [2.75, 3.05) is 25.6 Å². The molecular formula is C21H20ClN3O4. The summed E-state index contributed by atoms with van der Waals surface area (Å²) in [4.78, 5) is 23.8. The molecule has 0 heterocycles. The molecule has 0 spiro atoms. The zero-order chi connectivity index (χ0) is 21.2. The molecule has 7 nitrogen and oxygen atoms in total. The van der Waals surface area contributed by atoms with Gasteiger partial charge in [-0.05, 0) is 48.9 Å². The third-order valence-electron chi connectivity index (χ3n) is 3.71. The first-order chi connectivity index (χ1) is 14.0. The zero-order valence-electron chi connectivity index (χ0n) is 16.0. The van der Waals surface area contributed by atoms with Crippen LogP contribution in [-0.2, 0) is 9.59 Å². The molecule has 0 aliphatic rings. The van der Waals surface area contributed by atoms with Crippen LogP contribution in [0.3, 0.4) is 0 Å². The normalized spacial score (nSPS) is 10.6. The maximum atomic E-state index is 12.4. The van der Waals surface area contributed by atoms with E-state index in [0.29, 0.717) is 34.3 Å². The minimum absolute atomic E-state index is 0.0760. The number of halogens is 1. The molecule has 29 heavy (non-hydrogen) atoms. The fourth-order valence-corrected chi connectivity index (χ4v) is 2.57. The van der Waals surface area contributed by atoms with E-state index in [-0.39, 0.29) is 18.1 Å². The van der Waals surface area contributed by atoms with Crippen molar-refractivity contribution in [2.45, 2.75) is 6.92 Å². The first-order valence-electron chi connectivity index (χ1n) is 8.73. The summed E-state index contributed by atoms with van der Waals surface area (Å²) < 4.78 is 10.4. The Hall–Kier alpha value is -3.50. The Labute approximate surface area is 173 Å². The van der Waals surface area contributed by atoms with Crippen molar-refractivity contribution < 1.29 is 19.1 Å². The van der Waals surface area contributed by atoms with Crippen molar-refractivity contribution in [3.63, 3.8) is 0 Å². The van der Waals surface area contributed by atoms with Gasteiger partial charge in [0, 0.05) is 12.2 Å². The molecule has 0 aliphatic carbocycles. The predicted molar refractivity (Wildman–Crippen MR) is 111 cm³/mol. The summed E-state index contributed by atoms with van der Waals surface area (Å²) in [6.45, 7) is 2.28. The van der Waals surface area contributed by atoms with E-state index >= 15 is 0 Å². The third kappa shape index (κ3) is 6.55. The molecule has 2 amide bonds. The number of nitrogens with zero attached hydrogens (tertiary/aromatic N) is 1. The van der Waals surface area contributed by atoms with Crippen LogP contribution in [0.15, 0.2) is 48.0 Å². The molecule has 0 aliphatic heterocycles. The number of hydrogen-bond acceptors (Lipinski definition) is 5. The van der Waals surface area contributed by atoms with E-state index in [4.69, 9.17) is 21.1 Å². The van der Waals surface area contributed by atoms with Crippen LogP contribution in [0.2, 0.25) is 5.02 Å². The second-order valence-electron chi connectivity index (χ2n) is 5.78. The lowest BCUT2D eigenvalue weighted by Crippen LogP contribution is -2.28. The van der Waals surface area contributed by atoms with Gasteiger partial charge in [-0.15, -0.1) is 0 Å². The van der Waals surface area contributed by atoms with Gasteiger partial charge in [0.05, 0.1) is 12.1 Å². The minimum atomic E-state index is -0.565. The lowest BCUT2D eigenvalue weighted by atomic mass is 10.1. The van der Waals surface area contributed by atoms with Gasteiger partial charge in [-0.25, -0.2) is 0 Å². The third-order valence-corrected chi connectivity index (χ3v) is 4.01. The van der Waals surface area contributed by atoms with Crippen molar-refractivity contribution in [3.8, 4) is 17.6 Å². The number of ether oxygens (including phenoxy) is 2. The number of anilines is 1. The SMILES string of the molecule is CCNC(=O)COc1ccc(/C=C(/C#N)C(=O)Nc2ccc(OC)c(Cl)c2)cc1. The van der Waals surface area contributed by atoms with Crippen molar-refractivity contribution in [3.05, 3.63) is 58.6 Å². The average molecular weight is 414 g/mol. The molecule has 0 saturated heterocycles. The monoisotopic (exact) mass is 413 g/mol. The Morgan fingerprint density at radius 3 is 2.52 bits per heavy atom. The molecule has 0 fully saturated rings. The van der Waals surface area contributed by atoms with E-state index < -0.39 is 5.91 Å². The predicted octanol–water partition coefficient (Wildman–Crippen LogP) is 3.41. The highest BCUT2D eigenvalue weighted by Gasteiger charge is 2.11. The number of hydrogen-bond donors (Lipinski definition) is 2. The van der Waals surface area contributed by atoms with Crippen LogP contribution in [0.5, 0.6) is 11.5 Å². The number of amides is 2. The number of carbonyl (C=O) groups excluding carboxylic acids is 2.